The normalized spacial score (nSPS) is 23.9. The summed E-state index contributed by atoms with van der Waals surface area (Å²) >= 11 is 0. The summed E-state index contributed by atoms with van der Waals surface area (Å²) in [7, 11) is 0. The van der Waals surface area contributed by atoms with Gasteiger partial charge in [-0.25, -0.2) is 4.68 Å². The third-order valence-electron chi connectivity index (χ3n) is 3.72. The van der Waals surface area contributed by atoms with Crippen molar-refractivity contribution < 1.29 is 0 Å². The van der Waals surface area contributed by atoms with E-state index in [-0.39, 0.29) is 0 Å². The lowest BCUT2D eigenvalue weighted by Gasteiger charge is -2.28. The van der Waals surface area contributed by atoms with Crippen molar-refractivity contribution in [3.63, 3.8) is 0 Å². The van der Waals surface area contributed by atoms with E-state index in [1.54, 1.807) is 0 Å². The maximum atomic E-state index is 6.19. The summed E-state index contributed by atoms with van der Waals surface area (Å²) in [6.07, 6.45) is 5.95. The molecule has 3 rings (SSSR count). The van der Waals surface area contributed by atoms with Gasteiger partial charge in [-0.3, -0.25) is 0 Å². The third kappa shape index (κ3) is 1.45. The summed E-state index contributed by atoms with van der Waals surface area (Å²) in [6, 6.07) is 0.610. The zero-order chi connectivity index (χ0) is 10.6. The molecule has 82 valence electrons. The van der Waals surface area contributed by atoms with Crippen LogP contribution in [0.15, 0.2) is 0 Å². The van der Waals surface area contributed by atoms with Crippen LogP contribution < -0.4 is 5.73 Å². The van der Waals surface area contributed by atoms with Gasteiger partial charge in [-0.2, -0.15) is 5.10 Å². The van der Waals surface area contributed by atoms with Crippen LogP contribution in [0.1, 0.15) is 50.4 Å². The van der Waals surface area contributed by atoms with Gasteiger partial charge in [0, 0.05) is 5.56 Å². The van der Waals surface area contributed by atoms with E-state index in [4.69, 9.17) is 5.73 Å². The zero-order valence-electron chi connectivity index (χ0n) is 9.58. The monoisotopic (exact) mass is 205 g/mol. The van der Waals surface area contributed by atoms with Crippen molar-refractivity contribution >= 4 is 5.82 Å². The summed E-state index contributed by atoms with van der Waals surface area (Å²) < 4.78 is 2.08. The number of hydrogen-bond donors (Lipinski definition) is 1. The minimum atomic E-state index is 0.401. The number of fused-ring (bicyclic) bond motifs is 1. The van der Waals surface area contributed by atoms with Gasteiger partial charge in [0.1, 0.15) is 5.82 Å². The van der Waals surface area contributed by atoms with Crippen LogP contribution in [0.4, 0.5) is 5.82 Å². The summed E-state index contributed by atoms with van der Waals surface area (Å²) in [5.41, 5.74) is 9.18. The Hall–Kier alpha value is -0.990. The molecule has 0 aliphatic heterocycles. The smallest absolute Gasteiger partial charge is 0.125 e. The van der Waals surface area contributed by atoms with Crippen molar-refractivity contribution in [1.82, 2.24) is 9.78 Å². The standard InChI is InChI=1S/C12H19N3/c1-12(2)6-5-10-9(7-12)11(13)15(14-10)8-3-4-8/h8H,3-7,13H2,1-2H3. The number of anilines is 1. The second-order valence-corrected chi connectivity index (χ2v) is 5.83. The predicted octanol–water partition coefficient (Wildman–Crippen LogP) is 2.32. The number of aryl methyl sites for hydroxylation is 1. The van der Waals surface area contributed by atoms with Crippen molar-refractivity contribution in [2.45, 2.75) is 52.0 Å². The minimum Gasteiger partial charge on any atom is -0.384 e. The summed E-state index contributed by atoms with van der Waals surface area (Å²) in [5, 5.41) is 4.67. The minimum absolute atomic E-state index is 0.401. The van der Waals surface area contributed by atoms with Gasteiger partial charge in [0.05, 0.1) is 11.7 Å². The fourth-order valence-corrected chi connectivity index (χ4v) is 2.55. The topological polar surface area (TPSA) is 43.8 Å². The Morgan fingerprint density at radius 2 is 2.13 bits per heavy atom. The average Bonchev–Trinajstić information content (AvgIpc) is 2.94. The summed E-state index contributed by atoms with van der Waals surface area (Å²) in [4.78, 5) is 0. The van der Waals surface area contributed by atoms with Gasteiger partial charge in [-0.05, 0) is 37.5 Å². The van der Waals surface area contributed by atoms with E-state index < -0.39 is 0 Å². The van der Waals surface area contributed by atoms with Crippen LogP contribution in [-0.4, -0.2) is 9.78 Å². The average molecular weight is 205 g/mol. The van der Waals surface area contributed by atoms with Crippen LogP contribution in [0.3, 0.4) is 0 Å². The maximum absolute atomic E-state index is 6.19. The van der Waals surface area contributed by atoms with Crippen molar-refractivity contribution in [2.75, 3.05) is 5.73 Å². The van der Waals surface area contributed by atoms with E-state index in [9.17, 15) is 0 Å². The fourth-order valence-electron chi connectivity index (χ4n) is 2.55. The third-order valence-corrected chi connectivity index (χ3v) is 3.72. The first-order chi connectivity index (χ1) is 7.07. The molecule has 1 heterocycles. The second kappa shape index (κ2) is 2.77. The van der Waals surface area contributed by atoms with Gasteiger partial charge in [-0.1, -0.05) is 13.8 Å². The van der Waals surface area contributed by atoms with Crippen LogP contribution in [-0.2, 0) is 12.8 Å². The molecule has 0 amide bonds. The van der Waals surface area contributed by atoms with E-state index in [2.05, 4.69) is 23.6 Å². The van der Waals surface area contributed by atoms with Gasteiger partial charge in [0.2, 0.25) is 0 Å². The van der Waals surface area contributed by atoms with E-state index >= 15 is 0 Å². The van der Waals surface area contributed by atoms with E-state index in [0.29, 0.717) is 11.5 Å². The largest absolute Gasteiger partial charge is 0.384 e. The van der Waals surface area contributed by atoms with Crippen molar-refractivity contribution in [2.24, 2.45) is 5.41 Å². The van der Waals surface area contributed by atoms with Crippen molar-refractivity contribution in [1.29, 1.82) is 0 Å². The van der Waals surface area contributed by atoms with Crippen LogP contribution in [0.25, 0.3) is 0 Å². The molecular weight excluding hydrogens is 186 g/mol. The van der Waals surface area contributed by atoms with Gasteiger partial charge >= 0.3 is 0 Å². The summed E-state index contributed by atoms with van der Waals surface area (Å²) in [6.45, 7) is 4.65. The van der Waals surface area contributed by atoms with E-state index in [1.807, 2.05) is 0 Å². The molecule has 1 saturated carbocycles. The SMILES string of the molecule is CC1(C)CCc2nn(C3CC3)c(N)c2C1. The predicted molar refractivity (Wildman–Crippen MR) is 60.7 cm³/mol. The molecule has 1 aromatic heterocycles. The molecule has 0 spiro atoms. The Bertz CT molecular complexity index is 399. The van der Waals surface area contributed by atoms with Crippen molar-refractivity contribution in [3.05, 3.63) is 11.3 Å². The lowest BCUT2D eigenvalue weighted by Crippen LogP contribution is -2.22. The molecule has 0 unspecified atom stereocenters. The first-order valence-corrected chi connectivity index (χ1v) is 5.92. The molecule has 2 aliphatic rings. The highest BCUT2D eigenvalue weighted by Gasteiger charge is 2.33. The Morgan fingerprint density at radius 1 is 1.40 bits per heavy atom. The van der Waals surface area contributed by atoms with Crippen molar-refractivity contribution in [3.8, 4) is 0 Å². The molecule has 0 bridgehead atoms. The zero-order valence-corrected chi connectivity index (χ0v) is 9.58. The summed E-state index contributed by atoms with van der Waals surface area (Å²) in [5.74, 6) is 0.945. The molecule has 0 radical (unpaired) electrons. The molecule has 3 nitrogen and oxygen atoms in total. The van der Waals surface area contributed by atoms with Crippen LogP contribution in [0, 0.1) is 5.41 Å². The molecule has 2 aliphatic carbocycles. The number of nitrogens with two attached hydrogens (primary N) is 1. The first kappa shape index (κ1) is 9.25. The molecule has 1 fully saturated rings. The quantitative estimate of drug-likeness (QED) is 0.764. The number of rotatable bonds is 1. The number of nitrogen functional groups attached to an aromatic ring is 1. The first-order valence-electron chi connectivity index (χ1n) is 5.92. The molecule has 3 heteroatoms. The highest BCUT2D eigenvalue weighted by Crippen LogP contribution is 2.42. The second-order valence-electron chi connectivity index (χ2n) is 5.83. The molecule has 0 aromatic carbocycles. The van der Waals surface area contributed by atoms with Crippen LogP contribution >= 0.6 is 0 Å². The Kier molecular flexibility index (Phi) is 1.71. The highest BCUT2D eigenvalue weighted by molar-refractivity contribution is 5.46. The Morgan fingerprint density at radius 3 is 2.80 bits per heavy atom. The molecule has 15 heavy (non-hydrogen) atoms. The Balaban J connectivity index is 2.02. The molecule has 2 N–H and O–H groups in total. The van der Waals surface area contributed by atoms with Crippen LogP contribution in [0.5, 0.6) is 0 Å². The maximum Gasteiger partial charge on any atom is 0.125 e. The van der Waals surface area contributed by atoms with Gasteiger partial charge < -0.3 is 5.73 Å². The van der Waals surface area contributed by atoms with Gasteiger partial charge in [-0.15, -0.1) is 0 Å². The number of aromatic nitrogens is 2. The highest BCUT2D eigenvalue weighted by atomic mass is 15.3. The Labute approximate surface area is 90.7 Å². The lowest BCUT2D eigenvalue weighted by molar-refractivity contribution is 0.314. The van der Waals surface area contributed by atoms with E-state index in [0.717, 1.165) is 18.7 Å². The van der Waals surface area contributed by atoms with E-state index in [1.165, 1.54) is 30.5 Å². The molecule has 1 aromatic rings. The fraction of sp³-hybridized carbons (Fsp3) is 0.750. The van der Waals surface area contributed by atoms with Gasteiger partial charge in [0.15, 0.2) is 0 Å². The number of nitrogens with zero attached hydrogens (tertiary/aromatic N) is 2. The number of hydrogen-bond acceptors (Lipinski definition) is 2. The van der Waals surface area contributed by atoms with Crippen LogP contribution in [0.2, 0.25) is 0 Å². The molecular formula is C12H19N3. The molecule has 0 atom stereocenters. The lowest BCUT2D eigenvalue weighted by atomic mass is 9.76. The molecule has 0 saturated heterocycles. The van der Waals surface area contributed by atoms with Gasteiger partial charge in [0.25, 0.3) is 0 Å².